The summed E-state index contributed by atoms with van der Waals surface area (Å²) in [6.45, 7) is 6.47. The fourth-order valence-electron chi connectivity index (χ4n) is 3.30. The zero-order chi connectivity index (χ0) is 21.7. The summed E-state index contributed by atoms with van der Waals surface area (Å²) in [6, 6.07) is 0. The molecule has 0 amide bonds. The van der Waals surface area contributed by atoms with Crippen LogP contribution in [0.15, 0.2) is 24.5 Å². The van der Waals surface area contributed by atoms with E-state index >= 15 is 0 Å². The average Bonchev–Trinajstić information content (AvgIpc) is 2.68. The number of carbonyl (C=O) groups is 2. The lowest BCUT2D eigenvalue weighted by molar-refractivity contribution is -0.339. The van der Waals surface area contributed by atoms with Gasteiger partial charge in [0, 0.05) is 18.3 Å². The molecule has 0 aromatic carbocycles. The third-order valence-electron chi connectivity index (χ3n) is 4.82. The molecule has 2 rings (SSSR count). The van der Waals surface area contributed by atoms with Gasteiger partial charge in [0.25, 0.3) is 0 Å². The quantitative estimate of drug-likeness (QED) is 0.220. The van der Waals surface area contributed by atoms with Crippen LogP contribution >= 0.6 is 0 Å². The molecule has 8 atom stereocenters. The van der Waals surface area contributed by atoms with Gasteiger partial charge in [-0.3, -0.25) is 0 Å². The first-order valence-electron chi connectivity index (χ1n) is 9.33. The Balaban J connectivity index is 2.22. The topological polar surface area (TPSA) is 152 Å². The highest BCUT2D eigenvalue weighted by Gasteiger charge is 2.47. The number of aliphatic hydroxyl groups is 4. The Kier molecular flexibility index (Phi) is 8.32. The number of carbonyl (C=O) groups excluding carboxylic acids is 2. The van der Waals surface area contributed by atoms with Gasteiger partial charge < -0.3 is 44.2 Å². The Hall–Kier alpha value is -1.82. The van der Waals surface area contributed by atoms with E-state index in [1.165, 1.54) is 6.08 Å². The number of ether oxygens (including phenoxy) is 4. The largest absolute Gasteiger partial charge is 0.471 e. The van der Waals surface area contributed by atoms with Crippen molar-refractivity contribution in [3.05, 3.63) is 24.5 Å². The van der Waals surface area contributed by atoms with Crippen molar-refractivity contribution in [3.63, 3.8) is 0 Å². The second-order valence-electron chi connectivity index (χ2n) is 7.19. The van der Waals surface area contributed by atoms with Crippen molar-refractivity contribution in [1.82, 2.24) is 0 Å². The van der Waals surface area contributed by atoms with E-state index in [2.05, 4.69) is 6.58 Å². The highest BCUT2D eigenvalue weighted by Crippen LogP contribution is 2.36. The maximum atomic E-state index is 12.4. The molecule has 164 valence electrons. The van der Waals surface area contributed by atoms with E-state index in [1.54, 1.807) is 13.8 Å². The lowest BCUT2D eigenvalue weighted by Gasteiger charge is -2.42. The third-order valence-corrected chi connectivity index (χ3v) is 4.82. The fraction of sp³-hybridized carbons (Fsp3) is 0.684. The molecule has 4 N–H and O–H groups in total. The molecule has 0 aromatic rings. The van der Waals surface area contributed by atoms with Crippen LogP contribution in [0.3, 0.4) is 0 Å². The summed E-state index contributed by atoms with van der Waals surface area (Å²) < 4.78 is 21.6. The summed E-state index contributed by atoms with van der Waals surface area (Å²) in [7, 11) is 0. The van der Waals surface area contributed by atoms with Gasteiger partial charge in [-0.05, 0) is 13.8 Å². The maximum absolute atomic E-state index is 12.4. The van der Waals surface area contributed by atoms with E-state index in [4.69, 9.17) is 18.9 Å². The average molecular weight is 416 g/mol. The van der Waals surface area contributed by atoms with Gasteiger partial charge in [0.05, 0.1) is 24.5 Å². The first kappa shape index (κ1) is 23.5. The highest BCUT2D eigenvalue weighted by molar-refractivity contribution is 5.89. The Bertz CT molecular complexity index is 616. The monoisotopic (exact) mass is 416 g/mol. The molecular formula is C19H28O10. The van der Waals surface area contributed by atoms with Crippen LogP contribution in [-0.4, -0.2) is 82.4 Å². The summed E-state index contributed by atoms with van der Waals surface area (Å²) in [5.74, 6) is -1.97. The smallest absolute Gasteiger partial charge is 0.337 e. The second kappa shape index (κ2) is 10.3. The first-order chi connectivity index (χ1) is 13.7. The van der Waals surface area contributed by atoms with Crippen LogP contribution in [-0.2, 0) is 28.5 Å². The van der Waals surface area contributed by atoms with Crippen molar-refractivity contribution in [3.8, 4) is 0 Å². The molecule has 0 bridgehead atoms. The van der Waals surface area contributed by atoms with E-state index in [0.717, 1.165) is 6.26 Å². The molecular weight excluding hydrogens is 388 g/mol. The minimum absolute atomic E-state index is 0.0341. The van der Waals surface area contributed by atoms with Gasteiger partial charge in [-0.15, -0.1) is 6.58 Å². The Morgan fingerprint density at radius 3 is 2.48 bits per heavy atom. The van der Waals surface area contributed by atoms with Crippen molar-refractivity contribution in [2.75, 3.05) is 6.61 Å². The molecule has 10 heteroatoms. The maximum Gasteiger partial charge on any atom is 0.337 e. The van der Waals surface area contributed by atoms with Gasteiger partial charge in [0.2, 0.25) is 6.29 Å². The SMILES string of the molecule is C=C[C@H]1[C@H](O[C@@H]2O[C@H](CO)[C@@H](O)[C@H](O)[C@H]2O)OC=C(C(=O)OC(C)C)[C@H]1CC=O. The van der Waals surface area contributed by atoms with E-state index in [0.29, 0.717) is 6.29 Å². The molecule has 0 aromatic heterocycles. The second-order valence-corrected chi connectivity index (χ2v) is 7.19. The van der Waals surface area contributed by atoms with Crippen LogP contribution in [0.2, 0.25) is 0 Å². The fourth-order valence-corrected chi connectivity index (χ4v) is 3.30. The molecule has 0 radical (unpaired) electrons. The van der Waals surface area contributed by atoms with Gasteiger partial charge in [-0.1, -0.05) is 6.08 Å². The number of hydrogen-bond donors (Lipinski definition) is 4. The minimum atomic E-state index is -1.62. The van der Waals surface area contributed by atoms with Crippen LogP contribution in [0.5, 0.6) is 0 Å². The molecule has 0 spiro atoms. The van der Waals surface area contributed by atoms with Crippen molar-refractivity contribution in [2.24, 2.45) is 11.8 Å². The lowest BCUT2D eigenvalue weighted by Crippen LogP contribution is -2.60. The van der Waals surface area contributed by atoms with Crippen LogP contribution in [0, 0.1) is 11.8 Å². The number of rotatable bonds is 8. The van der Waals surface area contributed by atoms with E-state index in [9.17, 15) is 30.0 Å². The summed E-state index contributed by atoms with van der Waals surface area (Å²) in [4.78, 5) is 23.5. The van der Waals surface area contributed by atoms with Crippen LogP contribution in [0.25, 0.3) is 0 Å². The molecule has 10 nitrogen and oxygen atoms in total. The van der Waals surface area contributed by atoms with E-state index in [1.807, 2.05) is 0 Å². The van der Waals surface area contributed by atoms with E-state index in [-0.39, 0.29) is 18.1 Å². The summed E-state index contributed by atoms with van der Waals surface area (Å²) in [5.41, 5.74) is 0.143. The van der Waals surface area contributed by atoms with Gasteiger partial charge in [-0.2, -0.15) is 0 Å². The van der Waals surface area contributed by atoms with Crippen molar-refractivity contribution in [2.45, 2.75) is 63.4 Å². The minimum Gasteiger partial charge on any atom is -0.471 e. The summed E-state index contributed by atoms with van der Waals surface area (Å²) >= 11 is 0. The van der Waals surface area contributed by atoms with Gasteiger partial charge in [-0.25, -0.2) is 4.79 Å². The molecule has 1 fully saturated rings. The van der Waals surface area contributed by atoms with Gasteiger partial charge in [0.1, 0.15) is 30.7 Å². The van der Waals surface area contributed by atoms with E-state index < -0.39 is 61.4 Å². The van der Waals surface area contributed by atoms with Crippen LogP contribution in [0.1, 0.15) is 20.3 Å². The number of aliphatic hydroxyl groups excluding tert-OH is 4. The molecule has 2 aliphatic rings. The predicted octanol–water partition coefficient (Wildman–Crippen LogP) is -0.998. The number of esters is 1. The molecule has 2 heterocycles. The molecule has 0 unspecified atom stereocenters. The van der Waals surface area contributed by atoms with Crippen molar-refractivity contribution < 1.29 is 49.0 Å². The van der Waals surface area contributed by atoms with Gasteiger partial charge >= 0.3 is 5.97 Å². The molecule has 1 saturated heterocycles. The Morgan fingerprint density at radius 2 is 1.93 bits per heavy atom. The van der Waals surface area contributed by atoms with Crippen LogP contribution in [0.4, 0.5) is 0 Å². The zero-order valence-corrected chi connectivity index (χ0v) is 16.3. The Labute approximate surface area is 168 Å². The summed E-state index contributed by atoms with van der Waals surface area (Å²) in [6.07, 6.45) is -5.66. The Morgan fingerprint density at radius 1 is 1.24 bits per heavy atom. The summed E-state index contributed by atoms with van der Waals surface area (Å²) in [5, 5.41) is 39.2. The normalized spacial score (nSPS) is 37.4. The van der Waals surface area contributed by atoms with Crippen molar-refractivity contribution in [1.29, 1.82) is 0 Å². The zero-order valence-electron chi connectivity index (χ0n) is 16.3. The standard InChI is InChI=1S/C19H28O10/c1-4-10-11(5-6-20)12(17(25)27-9(2)3)8-26-18(10)29-19-16(24)15(23)14(22)13(7-21)28-19/h4,6,8-11,13-16,18-19,21-24H,1,5,7H2,2-3H3/t10-,11+,13-,14-,15+,16-,18+,19+/m1/s1. The molecule has 0 aliphatic carbocycles. The lowest BCUT2D eigenvalue weighted by atomic mass is 9.82. The predicted molar refractivity (Wildman–Crippen MR) is 96.9 cm³/mol. The molecule has 29 heavy (non-hydrogen) atoms. The van der Waals surface area contributed by atoms with Gasteiger partial charge in [0.15, 0.2) is 6.29 Å². The third kappa shape index (κ3) is 5.21. The van der Waals surface area contributed by atoms with Crippen LogP contribution < -0.4 is 0 Å². The molecule has 0 saturated carbocycles. The molecule has 2 aliphatic heterocycles. The first-order valence-corrected chi connectivity index (χ1v) is 9.33. The van der Waals surface area contributed by atoms with Crippen molar-refractivity contribution >= 4 is 12.3 Å². The number of aldehydes is 1. The highest BCUT2D eigenvalue weighted by atomic mass is 16.8. The number of hydrogen-bond acceptors (Lipinski definition) is 10.